The van der Waals surface area contributed by atoms with Gasteiger partial charge in [0.1, 0.15) is 0 Å². The van der Waals surface area contributed by atoms with Gasteiger partial charge in [0.25, 0.3) is 0 Å². The molecule has 0 aromatic carbocycles. The molecule has 64 valence electrons. The second-order valence-electron chi connectivity index (χ2n) is 2.96. The highest BCUT2D eigenvalue weighted by Crippen LogP contribution is 2.12. The normalized spacial score (nSPS) is 14.9. The summed E-state index contributed by atoms with van der Waals surface area (Å²) in [5.41, 5.74) is 0. The van der Waals surface area contributed by atoms with Crippen molar-refractivity contribution in [2.24, 2.45) is 5.92 Å². The number of hydrogen-bond acceptors (Lipinski definition) is 1. The zero-order valence-corrected chi connectivity index (χ0v) is 7.72. The molecular formula is C10H18O. The fraction of sp³-hybridized carbons (Fsp3) is 0.800. The van der Waals surface area contributed by atoms with E-state index in [9.17, 15) is 5.11 Å². The molecule has 0 aliphatic heterocycles. The zero-order valence-electron chi connectivity index (χ0n) is 7.72. The maximum Gasteiger partial charge on any atom is 0.0674 e. The molecule has 11 heavy (non-hydrogen) atoms. The molecule has 1 nitrogen and oxygen atoms in total. The van der Waals surface area contributed by atoms with Gasteiger partial charge in [-0.1, -0.05) is 20.3 Å². The Kier molecular flexibility index (Phi) is 5.97. The summed E-state index contributed by atoms with van der Waals surface area (Å²) >= 11 is 0. The van der Waals surface area contributed by atoms with E-state index in [4.69, 9.17) is 0 Å². The first-order valence-electron chi connectivity index (χ1n) is 4.30. The molecule has 0 aliphatic carbocycles. The lowest BCUT2D eigenvalue weighted by molar-refractivity contribution is 0.116. The molecule has 2 atom stereocenters. The second kappa shape index (κ2) is 6.24. The molecule has 0 fully saturated rings. The summed E-state index contributed by atoms with van der Waals surface area (Å²) in [6, 6.07) is 0. The predicted molar refractivity (Wildman–Crippen MR) is 48.1 cm³/mol. The summed E-state index contributed by atoms with van der Waals surface area (Å²) in [5.74, 6) is 6.06. The minimum absolute atomic E-state index is 0.234. The van der Waals surface area contributed by atoms with E-state index < -0.39 is 0 Å². The van der Waals surface area contributed by atoms with Crippen molar-refractivity contribution >= 4 is 0 Å². The van der Waals surface area contributed by atoms with Gasteiger partial charge in [0.05, 0.1) is 6.10 Å². The summed E-state index contributed by atoms with van der Waals surface area (Å²) in [7, 11) is 0. The Morgan fingerprint density at radius 2 is 2.09 bits per heavy atom. The fourth-order valence-corrected chi connectivity index (χ4v) is 1.06. The lowest BCUT2D eigenvalue weighted by Gasteiger charge is -2.14. The molecule has 1 N–H and O–H groups in total. The van der Waals surface area contributed by atoms with Crippen LogP contribution in [0.1, 0.15) is 40.0 Å². The summed E-state index contributed by atoms with van der Waals surface area (Å²) in [4.78, 5) is 0. The molecule has 0 heterocycles. The Labute approximate surface area is 69.8 Å². The molecule has 0 bridgehead atoms. The van der Waals surface area contributed by atoms with Crippen LogP contribution in [-0.2, 0) is 0 Å². The summed E-state index contributed by atoms with van der Waals surface area (Å²) in [6.45, 7) is 6.01. The van der Waals surface area contributed by atoms with Crippen LogP contribution in [0.4, 0.5) is 0 Å². The molecule has 0 aromatic heterocycles. The van der Waals surface area contributed by atoms with Gasteiger partial charge in [0.2, 0.25) is 0 Å². The van der Waals surface area contributed by atoms with Gasteiger partial charge >= 0.3 is 0 Å². The van der Waals surface area contributed by atoms with Gasteiger partial charge in [-0.3, -0.25) is 0 Å². The van der Waals surface area contributed by atoms with Gasteiger partial charge in [-0.2, -0.15) is 0 Å². The molecule has 0 aliphatic rings. The van der Waals surface area contributed by atoms with Crippen LogP contribution in [0.25, 0.3) is 0 Å². The van der Waals surface area contributed by atoms with Crippen molar-refractivity contribution in [2.75, 3.05) is 0 Å². The zero-order chi connectivity index (χ0) is 8.69. The maximum absolute atomic E-state index is 9.48. The first-order chi connectivity index (χ1) is 5.22. The largest absolute Gasteiger partial charge is 0.392 e. The van der Waals surface area contributed by atoms with Crippen LogP contribution >= 0.6 is 0 Å². The van der Waals surface area contributed by atoms with E-state index in [2.05, 4.69) is 25.7 Å². The van der Waals surface area contributed by atoms with Gasteiger partial charge in [-0.05, 0) is 19.3 Å². The Hall–Kier alpha value is -0.480. The third-order valence-corrected chi connectivity index (χ3v) is 1.89. The quantitative estimate of drug-likeness (QED) is 0.615. The Morgan fingerprint density at radius 3 is 2.55 bits per heavy atom. The first-order valence-corrected chi connectivity index (χ1v) is 4.30. The van der Waals surface area contributed by atoms with Crippen molar-refractivity contribution in [1.29, 1.82) is 0 Å². The Balaban J connectivity index is 3.59. The molecule has 2 unspecified atom stereocenters. The maximum atomic E-state index is 9.48. The molecule has 0 spiro atoms. The monoisotopic (exact) mass is 154 g/mol. The lowest BCUT2D eigenvalue weighted by atomic mass is 9.97. The van der Waals surface area contributed by atoms with Crippen molar-refractivity contribution < 1.29 is 5.11 Å². The smallest absolute Gasteiger partial charge is 0.0674 e. The van der Waals surface area contributed by atoms with E-state index in [-0.39, 0.29) is 6.10 Å². The van der Waals surface area contributed by atoms with Crippen molar-refractivity contribution in [2.45, 2.75) is 46.1 Å². The van der Waals surface area contributed by atoms with Crippen LogP contribution in [-0.4, -0.2) is 11.2 Å². The summed E-state index contributed by atoms with van der Waals surface area (Å²) in [5, 5.41) is 9.48. The summed E-state index contributed by atoms with van der Waals surface area (Å²) in [6.07, 6.45) is 2.62. The molecular weight excluding hydrogens is 136 g/mol. The fourth-order valence-electron chi connectivity index (χ4n) is 1.06. The van der Waals surface area contributed by atoms with Gasteiger partial charge in [0, 0.05) is 6.42 Å². The highest BCUT2D eigenvalue weighted by molar-refractivity contribution is 4.97. The van der Waals surface area contributed by atoms with Gasteiger partial charge in [0.15, 0.2) is 0 Å². The molecule has 0 rings (SSSR count). The van der Waals surface area contributed by atoms with Crippen LogP contribution < -0.4 is 0 Å². The predicted octanol–water partition coefficient (Wildman–Crippen LogP) is 2.20. The van der Waals surface area contributed by atoms with Crippen molar-refractivity contribution in [1.82, 2.24) is 0 Å². The third-order valence-electron chi connectivity index (χ3n) is 1.89. The van der Waals surface area contributed by atoms with Crippen LogP contribution in [0, 0.1) is 17.8 Å². The van der Waals surface area contributed by atoms with Gasteiger partial charge in [-0.15, -0.1) is 11.8 Å². The topological polar surface area (TPSA) is 20.2 Å². The van der Waals surface area contributed by atoms with Crippen molar-refractivity contribution in [3.8, 4) is 11.8 Å². The van der Waals surface area contributed by atoms with Crippen LogP contribution in [0.2, 0.25) is 0 Å². The number of aliphatic hydroxyl groups is 1. The van der Waals surface area contributed by atoms with E-state index in [0.717, 1.165) is 12.8 Å². The van der Waals surface area contributed by atoms with Crippen molar-refractivity contribution in [3.05, 3.63) is 0 Å². The van der Waals surface area contributed by atoms with E-state index in [1.807, 2.05) is 0 Å². The average molecular weight is 154 g/mol. The number of hydrogen-bond donors (Lipinski definition) is 1. The standard InChI is InChI=1S/C10H18O/c1-4-6-8-10(11)9(3)7-5-2/h9-11H,5,7-8H2,1-3H3. The average Bonchev–Trinajstić information content (AvgIpc) is 2.00. The number of aliphatic hydroxyl groups excluding tert-OH is 1. The van der Waals surface area contributed by atoms with Crippen LogP contribution in [0.5, 0.6) is 0 Å². The molecule has 0 aromatic rings. The lowest BCUT2D eigenvalue weighted by Crippen LogP contribution is -2.16. The van der Waals surface area contributed by atoms with Crippen LogP contribution in [0.15, 0.2) is 0 Å². The SMILES string of the molecule is CC#CCC(O)C(C)CCC. The van der Waals surface area contributed by atoms with E-state index >= 15 is 0 Å². The second-order valence-corrected chi connectivity index (χ2v) is 2.96. The van der Waals surface area contributed by atoms with E-state index in [1.165, 1.54) is 0 Å². The van der Waals surface area contributed by atoms with Crippen molar-refractivity contribution in [3.63, 3.8) is 0 Å². The number of rotatable bonds is 4. The van der Waals surface area contributed by atoms with Crippen LogP contribution in [0.3, 0.4) is 0 Å². The summed E-state index contributed by atoms with van der Waals surface area (Å²) < 4.78 is 0. The van der Waals surface area contributed by atoms with E-state index in [0.29, 0.717) is 12.3 Å². The first kappa shape index (κ1) is 10.5. The van der Waals surface area contributed by atoms with Gasteiger partial charge < -0.3 is 5.11 Å². The highest BCUT2D eigenvalue weighted by atomic mass is 16.3. The highest BCUT2D eigenvalue weighted by Gasteiger charge is 2.10. The molecule has 1 heteroatoms. The minimum atomic E-state index is -0.234. The van der Waals surface area contributed by atoms with Gasteiger partial charge in [-0.25, -0.2) is 0 Å². The Bertz CT molecular complexity index is 141. The van der Waals surface area contributed by atoms with E-state index in [1.54, 1.807) is 6.92 Å². The molecule has 0 saturated carbocycles. The minimum Gasteiger partial charge on any atom is -0.392 e. The molecule has 0 amide bonds. The Morgan fingerprint density at radius 1 is 1.45 bits per heavy atom. The third kappa shape index (κ3) is 4.86. The molecule has 0 saturated heterocycles. The molecule has 0 radical (unpaired) electrons.